The van der Waals surface area contributed by atoms with Crippen molar-refractivity contribution in [1.29, 1.82) is 0 Å². The van der Waals surface area contributed by atoms with E-state index >= 15 is 0 Å². The van der Waals surface area contributed by atoms with Gasteiger partial charge in [-0.3, -0.25) is 0 Å². The molecule has 0 unspecified atom stereocenters. The Morgan fingerprint density at radius 2 is 1.67 bits per heavy atom. The third-order valence-corrected chi connectivity index (χ3v) is 4.56. The molecule has 0 aliphatic heterocycles. The molecule has 1 aromatic carbocycles. The van der Waals surface area contributed by atoms with Gasteiger partial charge in [0.15, 0.2) is 0 Å². The second kappa shape index (κ2) is 13.0. The van der Waals surface area contributed by atoms with Gasteiger partial charge in [-0.1, -0.05) is 77.3 Å². The van der Waals surface area contributed by atoms with Gasteiger partial charge in [0, 0.05) is 38.6 Å². The van der Waals surface area contributed by atoms with Crippen LogP contribution in [0.1, 0.15) is 46.1 Å². The van der Waals surface area contributed by atoms with Crippen LogP contribution in [0.3, 0.4) is 0 Å². The highest BCUT2D eigenvalue weighted by atomic mass is 15.1. The number of para-hydroxylation sites is 1. The summed E-state index contributed by atoms with van der Waals surface area (Å²) in [6.07, 6.45) is 5.79. The van der Waals surface area contributed by atoms with Gasteiger partial charge in [0.25, 0.3) is 0 Å². The van der Waals surface area contributed by atoms with E-state index in [1.54, 1.807) is 0 Å². The minimum Gasteiger partial charge on any atom is -0.375 e. The first kappa shape index (κ1) is 24.8. The highest BCUT2D eigenvalue weighted by Gasteiger charge is 2.09. The molecule has 1 rings (SSSR count). The fraction of sp³-hybridized carbons (Fsp3) is 0.440. The van der Waals surface area contributed by atoms with E-state index < -0.39 is 0 Å². The number of nitrogens with zero attached hydrogens (tertiary/aromatic N) is 2. The number of hydrogen-bond acceptors (Lipinski definition) is 2. The van der Waals surface area contributed by atoms with E-state index in [9.17, 15) is 0 Å². The lowest BCUT2D eigenvalue weighted by atomic mass is 9.99. The molecule has 2 nitrogen and oxygen atoms in total. The van der Waals surface area contributed by atoms with Gasteiger partial charge in [0.2, 0.25) is 0 Å². The van der Waals surface area contributed by atoms with Gasteiger partial charge in [-0.15, -0.1) is 6.58 Å². The van der Waals surface area contributed by atoms with Gasteiger partial charge in [0.1, 0.15) is 0 Å². The minimum atomic E-state index is 0.500. The SMILES string of the molecule is C=C/C=C(\C(=C)N(C)CC)C(C)C.C=CCN(C)c1ccccc1C(C)C. The van der Waals surface area contributed by atoms with Crippen LogP contribution in [0.15, 0.2) is 73.5 Å². The third-order valence-electron chi connectivity index (χ3n) is 4.56. The summed E-state index contributed by atoms with van der Waals surface area (Å²) < 4.78 is 0. The monoisotopic (exact) mass is 368 g/mol. The van der Waals surface area contributed by atoms with Crippen LogP contribution in [0.25, 0.3) is 0 Å². The molecule has 2 heteroatoms. The first-order chi connectivity index (χ1) is 12.7. The molecule has 0 aromatic heterocycles. The van der Waals surface area contributed by atoms with Crippen LogP contribution in [0.4, 0.5) is 5.69 Å². The first-order valence-electron chi connectivity index (χ1n) is 9.85. The second-order valence-electron chi connectivity index (χ2n) is 7.36. The number of benzene rings is 1. The Bertz CT molecular complexity index is 623. The van der Waals surface area contributed by atoms with Crippen LogP contribution in [0.2, 0.25) is 0 Å². The van der Waals surface area contributed by atoms with Crippen LogP contribution in [-0.4, -0.2) is 32.1 Å². The number of hydrogen-bond donors (Lipinski definition) is 0. The summed E-state index contributed by atoms with van der Waals surface area (Å²) in [5.41, 5.74) is 5.07. The van der Waals surface area contributed by atoms with Crippen LogP contribution in [-0.2, 0) is 0 Å². The zero-order valence-corrected chi connectivity index (χ0v) is 18.6. The summed E-state index contributed by atoms with van der Waals surface area (Å²) in [4.78, 5) is 4.37. The molecule has 0 heterocycles. The fourth-order valence-electron chi connectivity index (χ4n) is 2.78. The van der Waals surface area contributed by atoms with Crippen LogP contribution >= 0.6 is 0 Å². The Kier molecular flexibility index (Phi) is 12.0. The number of anilines is 1. The molecule has 1 aromatic rings. The first-order valence-corrected chi connectivity index (χ1v) is 9.85. The van der Waals surface area contributed by atoms with Crippen molar-refractivity contribution in [1.82, 2.24) is 4.90 Å². The maximum Gasteiger partial charge on any atom is 0.0401 e. The van der Waals surface area contributed by atoms with E-state index in [1.807, 2.05) is 18.2 Å². The molecule has 0 bridgehead atoms. The lowest BCUT2D eigenvalue weighted by Crippen LogP contribution is -2.19. The van der Waals surface area contributed by atoms with Crippen molar-refractivity contribution in [2.24, 2.45) is 5.92 Å². The van der Waals surface area contributed by atoms with Gasteiger partial charge in [-0.05, 0) is 36.0 Å². The Hall–Kier alpha value is -2.22. The van der Waals surface area contributed by atoms with Crippen molar-refractivity contribution >= 4 is 5.69 Å². The van der Waals surface area contributed by atoms with Crippen molar-refractivity contribution in [3.05, 3.63) is 79.1 Å². The molecule has 0 radical (unpaired) electrons. The second-order valence-corrected chi connectivity index (χ2v) is 7.36. The minimum absolute atomic E-state index is 0.500. The van der Waals surface area contributed by atoms with Crippen molar-refractivity contribution in [3.8, 4) is 0 Å². The average Bonchev–Trinajstić information content (AvgIpc) is 2.65. The Labute approximate surface area is 168 Å². The number of likely N-dealkylation sites (N-methyl/N-ethyl adjacent to an activating group) is 2. The molecule has 0 fully saturated rings. The van der Waals surface area contributed by atoms with Crippen molar-refractivity contribution in [2.75, 3.05) is 32.1 Å². The van der Waals surface area contributed by atoms with Crippen LogP contribution < -0.4 is 4.90 Å². The van der Waals surface area contributed by atoms with E-state index in [0.717, 1.165) is 18.8 Å². The quantitative estimate of drug-likeness (QED) is 0.355. The molecule has 0 aliphatic carbocycles. The molecule has 150 valence electrons. The summed E-state index contributed by atoms with van der Waals surface area (Å²) in [5, 5.41) is 0. The zero-order chi connectivity index (χ0) is 21.0. The third kappa shape index (κ3) is 8.34. The molecule has 0 saturated carbocycles. The topological polar surface area (TPSA) is 6.48 Å². The number of allylic oxidation sites excluding steroid dienone is 3. The molecular weight excluding hydrogens is 328 g/mol. The maximum absolute atomic E-state index is 4.08. The molecule has 0 saturated heterocycles. The zero-order valence-electron chi connectivity index (χ0n) is 18.6. The highest BCUT2D eigenvalue weighted by molar-refractivity contribution is 5.54. The Balaban J connectivity index is 0.000000503. The summed E-state index contributed by atoms with van der Waals surface area (Å²) in [6, 6.07) is 8.54. The molecule has 0 atom stereocenters. The fourth-order valence-corrected chi connectivity index (χ4v) is 2.78. The van der Waals surface area contributed by atoms with Crippen molar-refractivity contribution < 1.29 is 0 Å². The van der Waals surface area contributed by atoms with Gasteiger partial charge in [0.05, 0.1) is 0 Å². The molecule has 0 aliphatic rings. The van der Waals surface area contributed by atoms with E-state index in [1.165, 1.54) is 16.8 Å². The number of rotatable bonds is 9. The van der Waals surface area contributed by atoms with Gasteiger partial charge >= 0.3 is 0 Å². The summed E-state index contributed by atoms with van der Waals surface area (Å²) in [6.45, 7) is 24.3. The van der Waals surface area contributed by atoms with E-state index in [0.29, 0.717) is 11.8 Å². The molecule has 0 spiro atoms. The van der Waals surface area contributed by atoms with Crippen LogP contribution in [0.5, 0.6) is 0 Å². The lowest BCUT2D eigenvalue weighted by Gasteiger charge is -2.24. The van der Waals surface area contributed by atoms with Gasteiger partial charge < -0.3 is 9.80 Å². The standard InChI is InChI=1S/C13H19N.C12H21N/c1-5-10-14(4)13-9-7-6-8-12(13)11(2)3;1-7-9-12(10(3)4)11(5)13(6)8-2/h5-9,11H,1,10H2,2-4H3;7,9-10H,1,5,8H2,2-4,6H3/b;12-9-. The predicted molar refractivity (Wildman–Crippen MR) is 125 cm³/mol. The summed E-state index contributed by atoms with van der Waals surface area (Å²) in [7, 11) is 4.16. The van der Waals surface area contributed by atoms with Gasteiger partial charge in [-0.2, -0.15) is 0 Å². The molecular formula is C25H40N2. The van der Waals surface area contributed by atoms with Crippen molar-refractivity contribution in [2.45, 2.75) is 40.5 Å². The lowest BCUT2D eigenvalue weighted by molar-refractivity contribution is 0.441. The maximum atomic E-state index is 4.08. The van der Waals surface area contributed by atoms with Crippen LogP contribution in [0, 0.1) is 5.92 Å². The molecule has 27 heavy (non-hydrogen) atoms. The molecule has 0 N–H and O–H groups in total. The van der Waals surface area contributed by atoms with Gasteiger partial charge in [-0.25, -0.2) is 0 Å². The Morgan fingerprint density at radius 3 is 2.11 bits per heavy atom. The highest BCUT2D eigenvalue weighted by Crippen LogP contribution is 2.26. The average molecular weight is 369 g/mol. The van der Waals surface area contributed by atoms with E-state index in [2.05, 4.69) is 103 Å². The predicted octanol–water partition coefficient (Wildman–Crippen LogP) is 6.65. The largest absolute Gasteiger partial charge is 0.375 e. The van der Waals surface area contributed by atoms with E-state index in [-0.39, 0.29) is 0 Å². The smallest absolute Gasteiger partial charge is 0.0401 e. The van der Waals surface area contributed by atoms with Crippen molar-refractivity contribution in [3.63, 3.8) is 0 Å². The van der Waals surface area contributed by atoms with E-state index in [4.69, 9.17) is 0 Å². The Morgan fingerprint density at radius 1 is 1.07 bits per heavy atom. The summed E-state index contributed by atoms with van der Waals surface area (Å²) >= 11 is 0. The summed E-state index contributed by atoms with van der Waals surface area (Å²) in [5.74, 6) is 1.07. The molecule has 0 amide bonds. The normalized spacial score (nSPS) is 10.9.